The van der Waals surface area contributed by atoms with Crippen molar-refractivity contribution in [2.45, 2.75) is 52.1 Å². The number of hydrogen-bond acceptors (Lipinski definition) is 3. The van der Waals surface area contributed by atoms with Crippen molar-refractivity contribution in [3.05, 3.63) is 0 Å². The van der Waals surface area contributed by atoms with E-state index in [1.165, 1.54) is 0 Å². The summed E-state index contributed by atoms with van der Waals surface area (Å²) in [5, 5.41) is 0. The fourth-order valence-corrected chi connectivity index (χ4v) is 1.73. The molecule has 0 saturated carbocycles. The summed E-state index contributed by atoms with van der Waals surface area (Å²) in [5.41, 5.74) is -0.942. The van der Waals surface area contributed by atoms with Crippen LogP contribution in [0.1, 0.15) is 34.6 Å². The third-order valence-electron chi connectivity index (χ3n) is 2.52. The summed E-state index contributed by atoms with van der Waals surface area (Å²) in [6.07, 6.45) is -0.271. The smallest absolute Gasteiger partial charge is 0.257 e. The van der Waals surface area contributed by atoms with Gasteiger partial charge in [0.05, 0.1) is 0 Å². The summed E-state index contributed by atoms with van der Waals surface area (Å²) in [7, 11) is 3.83. The predicted molar refractivity (Wildman–Crippen MR) is 59.2 cm³/mol. The van der Waals surface area contributed by atoms with E-state index in [2.05, 4.69) is 0 Å². The van der Waals surface area contributed by atoms with Gasteiger partial charge in [-0.1, -0.05) is 0 Å². The van der Waals surface area contributed by atoms with Crippen molar-refractivity contribution in [2.24, 2.45) is 0 Å². The van der Waals surface area contributed by atoms with Gasteiger partial charge in [-0.2, -0.15) is 0 Å². The summed E-state index contributed by atoms with van der Waals surface area (Å²) in [6.45, 7) is 9.69. The summed E-state index contributed by atoms with van der Waals surface area (Å²) >= 11 is 0. The molecule has 1 aliphatic rings. The Morgan fingerprint density at radius 3 is 2.07 bits per heavy atom. The molecule has 1 unspecified atom stereocenters. The van der Waals surface area contributed by atoms with Crippen LogP contribution in [0, 0.1) is 0 Å². The van der Waals surface area contributed by atoms with E-state index in [0.717, 1.165) is 0 Å². The van der Waals surface area contributed by atoms with Gasteiger partial charge in [0.1, 0.15) is 5.60 Å². The lowest BCUT2D eigenvalue weighted by Gasteiger charge is -2.38. The molecule has 15 heavy (non-hydrogen) atoms. The van der Waals surface area contributed by atoms with Crippen LogP contribution in [0.3, 0.4) is 0 Å². The molecule has 0 aliphatic carbocycles. The van der Waals surface area contributed by atoms with Gasteiger partial charge >= 0.3 is 0 Å². The second kappa shape index (κ2) is 3.46. The normalized spacial score (nSPS) is 26.5. The highest BCUT2D eigenvalue weighted by molar-refractivity contribution is 5.86. The number of carbonyl (C=O) groups is 1. The molecule has 1 aliphatic heterocycles. The highest BCUT2D eigenvalue weighted by Crippen LogP contribution is 2.33. The number of hydrogen-bond donors (Lipinski definition) is 0. The third-order valence-corrected chi connectivity index (χ3v) is 2.52. The van der Waals surface area contributed by atoms with E-state index >= 15 is 0 Å². The van der Waals surface area contributed by atoms with E-state index in [-0.39, 0.29) is 17.8 Å². The molecule has 1 heterocycles. The fourth-order valence-electron chi connectivity index (χ4n) is 1.73. The van der Waals surface area contributed by atoms with Gasteiger partial charge in [0, 0.05) is 5.54 Å². The molecule has 0 spiro atoms. The first-order valence-electron chi connectivity index (χ1n) is 5.25. The molecule has 4 heteroatoms. The van der Waals surface area contributed by atoms with Crippen molar-refractivity contribution in [1.29, 1.82) is 0 Å². The summed E-state index contributed by atoms with van der Waals surface area (Å²) in [6, 6.07) is 0. The van der Waals surface area contributed by atoms with Crippen LogP contribution in [0.25, 0.3) is 0 Å². The third kappa shape index (κ3) is 2.16. The SMILES string of the molecule is CN(C)C1OC(C)(C)C(=O)N1C(C)(C)C. The van der Waals surface area contributed by atoms with Gasteiger partial charge in [-0.25, -0.2) is 0 Å². The molecular formula is C11H22N2O2. The Morgan fingerprint density at radius 2 is 1.80 bits per heavy atom. The Morgan fingerprint density at radius 1 is 1.33 bits per heavy atom. The van der Waals surface area contributed by atoms with Gasteiger partial charge in [0.25, 0.3) is 5.91 Å². The summed E-state index contributed by atoms with van der Waals surface area (Å²) < 4.78 is 5.76. The second-order valence-electron chi connectivity index (χ2n) is 5.76. The molecule has 0 bridgehead atoms. The van der Waals surface area contributed by atoms with Crippen LogP contribution in [0.15, 0.2) is 0 Å². The van der Waals surface area contributed by atoms with Crippen LogP contribution < -0.4 is 0 Å². The number of nitrogens with zero attached hydrogens (tertiary/aromatic N) is 2. The Bertz CT molecular complexity index is 266. The average Bonchev–Trinajstić information content (AvgIpc) is 2.22. The molecule has 1 fully saturated rings. The van der Waals surface area contributed by atoms with Crippen molar-refractivity contribution in [3.8, 4) is 0 Å². The molecule has 0 radical (unpaired) electrons. The molecule has 1 amide bonds. The Labute approximate surface area is 92.2 Å². The van der Waals surface area contributed by atoms with E-state index in [4.69, 9.17) is 4.74 Å². The average molecular weight is 214 g/mol. The van der Waals surface area contributed by atoms with E-state index < -0.39 is 5.60 Å². The molecule has 0 aromatic carbocycles. The first-order chi connectivity index (χ1) is 6.57. The first kappa shape index (κ1) is 12.5. The minimum atomic E-state index is -0.720. The van der Waals surface area contributed by atoms with E-state index in [0.29, 0.717) is 0 Å². The van der Waals surface area contributed by atoms with Crippen LogP contribution >= 0.6 is 0 Å². The zero-order valence-electron chi connectivity index (χ0n) is 10.8. The molecule has 0 N–H and O–H groups in total. The molecule has 88 valence electrons. The highest BCUT2D eigenvalue weighted by atomic mass is 16.6. The lowest BCUT2D eigenvalue weighted by molar-refractivity contribution is -0.140. The molecule has 0 aromatic heterocycles. The maximum atomic E-state index is 12.2. The lowest BCUT2D eigenvalue weighted by atomic mass is 10.0. The van der Waals surface area contributed by atoms with Gasteiger partial charge < -0.3 is 4.74 Å². The van der Waals surface area contributed by atoms with E-state index in [1.54, 1.807) is 4.90 Å². The van der Waals surface area contributed by atoms with Crippen molar-refractivity contribution >= 4 is 5.91 Å². The molecule has 4 nitrogen and oxygen atoms in total. The maximum Gasteiger partial charge on any atom is 0.257 e. The van der Waals surface area contributed by atoms with Gasteiger partial charge in [-0.15, -0.1) is 0 Å². The van der Waals surface area contributed by atoms with Gasteiger partial charge in [-0.3, -0.25) is 14.6 Å². The number of carbonyl (C=O) groups excluding carboxylic acids is 1. The van der Waals surface area contributed by atoms with Crippen molar-refractivity contribution < 1.29 is 9.53 Å². The second-order valence-corrected chi connectivity index (χ2v) is 5.76. The zero-order valence-corrected chi connectivity index (χ0v) is 10.8. The fraction of sp³-hybridized carbons (Fsp3) is 0.909. The monoisotopic (exact) mass is 214 g/mol. The zero-order chi connectivity index (χ0) is 12.0. The van der Waals surface area contributed by atoms with Crippen molar-refractivity contribution in [2.75, 3.05) is 14.1 Å². The lowest BCUT2D eigenvalue weighted by Crippen LogP contribution is -2.53. The molecule has 1 rings (SSSR count). The number of rotatable bonds is 1. The van der Waals surface area contributed by atoms with Gasteiger partial charge in [0.2, 0.25) is 0 Å². The Kier molecular flexibility index (Phi) is 2.87. The van der Waals surface area contributed by atoms with E-state index in [9.17, 15) is 4.79 Å². The van der Waals surface area contributed by atoms with Crippen LogP contribution in [0.5, 0.6) is 0 Å². The van der Waals surface area contributed by atoms with E-state index in [1.807, 2.05) is 53.6 Å². The van der Waals surface area contributed by atoms with Gasteiger partial charge in [-0.05, 0) is 48.7 Å². The summed E-state index contributed by atoms with van der Waals surface area (Å²) in [5.74, 6) is 0.0497. The van der Waals surface area contributed by atoms with Crippen LogP contribution in [-0.4, -0.2) is 47.3 Å². The van der Waals surface area contributed by atoms with Crippen LogP contribution in [-0.2, 0) is 9.53 Å². The quantitative estimate of drug-likeness (QED) is 0.659. The summed E-state index contributed by atoms with van der Waals surface area (Å²) in [4.78, 5) is 15.9. The Hall–Kier alpha value is -0.610. The molecule has 1 atom stereocenters. The molecule has 1 saturated heterocycles. The molecule has 0 aromatic rings. The topological polar surface area (TPSA) is 32.8 Å². The number of amides is 1. The van der Waals surface area contributed by atoms with Gasteiger partial charge in [0.15, 0.2) is 6.35 Å². The maximum absolute atomic E-state index is 12.2. The van der Waals surface area contributed by atoms with Crippen LogP contribution in [0.2, 0.25) is 0 Å². The van der Waals surface area contributed by atoms with Crippen molar-refractivity contribution in [1.82, 2.24) is 9.80 Å². The standard InChI is InChI=1S/C11H22N2O2/c1-10(2,3)13-8(14)11(4,5)15-9(13)12(6)7/h9H,1-7H3. The minimum absolute atomic E-state index is 0.0497. The van der Waals surface area contributed by atoms with Crippen LogP contribution in [0.4, 0.5) is 0 Å². The minimum Gasteiger partial charge on any atom is -0.329 e. The molecular weight excluding hydrogens is 192 g/mol. The Balaban J connectivity index is 3.06. The largest absolute Gasteiger partial charge is 0.329 e. The number of ether oxygens (including phenoxy) is 1. The first-order valence-corrected chi connectivity index (χ1v) is 5.25. The predicted octanol–water partition coefficient (Wildman–Crippen LogP) is 1.27. The van der Waals surface area contributed by atoms with Crippen molar-refractivity contribution in [3.63, 3.8) is 0 Å². The highest BCUT2D eigenvalue weighted by Gasteiger charge is 2.51.